The highest BCUT2D eigenvalue weighted by Crippen LogP contribution is 2.21. The fourth-order valence-electron chi connectivity index (χ4n) is 2.79. The Morgan fingerprint density at radius 2 is 1.66 bits per heavy atom. The molecule has 1 amide bonds. The van der Waals surface area contributed by atoms with Gasteiger partial charge in [0.2, 0.25) is 12.3 Å². The van der Waals surface area contributed by atoms with Crippen molar-refractivity contribution in [2.75, 3.05) is 13.2 Å². The minimum absolute atomic E-state index is 0. The van der Waals surface area contributed by atoms with E-state index in [9.17, 15) is 14.4 Å². The lowest BCUT2D eigenvalue weighted by atomic mass is 10.1. The first-order valence-corrected chi connectivity index (χ1v) is 10.2. The van der Waals surface area contributed by atoms with E-state index in [1.165, 1.54) is 6.07 Å². The molecule has 0 bridgehead atoms. The topological polar surface area (TPSA) is 76.3 Å². The number of nitrogens with zero attached hydrogens (tertiary/aromatic N) is 1. The molecular formula is C23H19BrCl2N2O4. The second kappa shape index (κ2) is 12.3. The summed E-state index contributed by atoms with van der Waals surface area (Å²) in [7, 11) is 0. The number of ether oxygens (including phenoxy) is 1. The molecule has 0 atom stereocenters. The van der Waals surface area contributed by atoms with E-state index in [2.05, 4.69) is 5.32 Å². The van der Waals surface area contributed by atoms with Crippen LogP contribution in [0.2, 0.25) is 10.0 Å². The number of benzene rings is 2. The molecule has 3 aromatic rings. The quantitative estimate of drug-likeness (QED) is 0.199. The largest absolute Gasteiger partial charge is 1.00 e. The van der Waals surface area contributed by atoms with Crippen molar-refractivity contribution in [3.05, 3.63) is 99.8 Å². The van der Waals surface area contributed by atoms with E-state index < -0.39 is 5.97 Å². The van der Waals surface area contributed by atoms with Gasteiger partial charge < -0.3 is 27.0 Å². The molecular weight excluding hydrogens is 519 g/mol. The van der Waals surface area contributed by atoms with Gasteiger partial charge in [0.1, 0.15) is 12.2 Å². The number of rotatable bonds is 8. The molecule has 0 fully saturated rings. The van der Waals surface area contributed by atoms with Crippen molar-refractivity contribution < 1.29 is 40.7 Å². The Hall–Kier alpha value is -2.74. The molecule has 2 aromatic carbocycles. The van der Waals surface area contributed by atoms with Crippen molar-refractivity contribution in [3.63, 3.8) is 0 Å². The number of hydrogen-bond donors (Lipinski definition) is 1. The van der Waals surface area contributed by atoms with Gasteiger partial charge in [-0.3, -0.25) is 9.59 Å². The fourth-order valence-corrected chi connectivity index (χ4v) is 3.30. The average Bonchev–Trinajstić information content (AvgIpc) is 2.77. The monoisotopic (exact) mass is 536 g/mol. The zero-order valence-electron chi connectivity index (χ0n) is 16.8. The highest BCUT2D eigenvalue weighted by atomic mass is 79.9. The summed E-state index contributed by atoms with van der Waals surface area (Å²) in [5.74, 6) is -1.01. The molecule has 1 N–H and O–H groups in total. The number of esters is 1. The van der Waals surface area contributed by atoms with Crippen molar-refractivity contribution >= 4 is 40.9 Å². The van der Waals surface area contributed by atoms with Crippen molar-refractivity contribution in [2.45, 2.75) is 6.54 Å². The number of aromatic nitrogens is 1. The van der Waals surface area contributed by atoms with Gasteiger partial charge in [-0.15, -0.1) is 0 Å². The second-order valence-corrected chi connectivity index (χ2v) is 7.41. The van der Waals surface area contributed by atoms with Gasteiger partial charge in [0.05, 0.1) is 17.1 Å². The predicted octanol–water partition coefficient (Wildman–Crippen LogP) is 0.755. The smallest absolute Gasteiger partial charge is 0.338 e. The number of pyridine rings is 1. The van der Waals surface area contributed by atoms with E-state index in [0.29, 0.717) is 21.7 Å². The van der Waals surface area contributed by atoms with E-state index in [1.54, 1.807) is 71.6 Å². The van der Waals surface area contributed by atoms with Gasteiger partial charge in [-0.05, 0) is 36.4 Å². The minimum Gasteiger partial charge on any atom is -1.00 e. The lowest BCUT2D eigenvalue weighted by Crippen LogP contribution is -3.00. The number of carbonyl (C=O) groups is 3. The number of halogens is 3. The molecule has 0 spiro atoms. The summed E-state index contributed by atoms with van der Waals surface area (Å²) in [5.41, 5.74) is 1.17. The zero-order valence-corrected chi connectivity index (χ0v) is 19.9. The van der Waals surface area contributed by atoms with Crippen molar-refractivity contribution in [3.8, 4) is 0 Å². The van der Waals surface area contributed by atoms with Crippen LogP contribution in [0.5, 0.6) is 0 Å². The van der Waals surface area contributed by atoms with Crippen LogP contribution >= 0.6 is 23.2 Å². The van der Waals surface area contributed by atoms with Crippen LogP contribution in [0.25, 0.3) is 0 Å². The summed E-state index contributed by atoms with van der Waals surface area (Å²) in [6, 6.07) is 16.6. The van der Waals surface area contributed by atoms with Crippen molar-refractivity contribution in [1.82, 2.24) is 5.32 Å². The van der Waals surface area contributed by atoms with Gasteiger partial charge >= 0.3 is 5.97 Å². The van der Waals surface area contributed by atoms with Crippen LogP contribution in [0.4, 0.5) is 0 Å². The first kappa shape index (κ1) is 25.5. The molecule has 1 aromatic heterocycles. The molecule has 32 heavy (non-hydrogen) atoms. The summed E-state index contributed by atoms with van der Waals surface area (Å²) < 4.78 is 6.73. The Bertz CT molecular complexity index is 1110. The van der Waals surface area contributed by atoms with E-state index in [0.717, 1.165) is 0 Å². The molecule has 3 rings (SSSR count). The maximum atomic E-state index is 12.5. The summed E-state index contributed by atoms with van der Waals surface area (Å²) >= 11 is 12.0. The van der Waals surface area contributed by atoms with Crippen LogP contribution in [0, 0.1) is 0 Å². The van der Waals surface area contributed by atoms with Gasteiger partial charge in [-0.1, -0.05) is 41.4 Å². The number of ketones is 1. The molecule has 166 valence electrons. The normalized spacial score (nSPS) is 10.1. The lowest BCUT2D eigenvalue weighted by molar-refractivity contribution is -0.683. The molecule has 0 aliphatic heterocycles. The molecule has 1 heterocycles. The van der Waals surface area contributed by atoms with E-state index in [-0.39, 0.29) is 53.4 Å². The van der Waals surface area contributed by atoms with E-state index in [1.807, 2.05) is 0 Å². The van der Waals surface area contributed by atoms with Crippen LogP contribution in [-0.4, -0.2) is 30.8 Å². The maximum absolute atomic E-state index is 12.5. The SMILES string of the molecule is O=C(NCCOC(=O)c1ccccc1)c1ccc[n+](CC(=O)c2ccc(Cl)cc2Cl)c1.[Br-]. The standard InChI is InChI=1S/C23H18Cl2N2O4.BrH/c24-18-8-9-19(20(25)13-18)21(28)15-27-11-4-7-17(14-27)22(29)26-10-12-31-23(30)16-5-2-1-3-6-16;/h1-9,11,13-14H,10,12,15H2;1H. The maximum Gasteiger partial charge on any atom is 0.338 e. The molecule has 9 heteroatoms. The third kappa shape index (κ3) is 7.15. The highest BCUT2D eigenvalue weighted by Gasteiger charge is 2.17. The van der Waals surface area contributed by atoms with Crippen LogP contribution in [-0.2, 0) is 11.3 Å². The highest BCUT2D eigenvalue weighted by molar-refractivity contribution is 6.36. The van der Waals surface area contributed by atoms with Crippen molar-refractivity contribution in [1.29, 1.82) is 0 Å². The number of amides is 1. The summed E-state index contributed by atoms with van der Waals surface area (Å²) in [4.78, 5) is 36.8. The predicted molar refractivity (Wildman–Crippen MR) is 116 cm³/mol. The second-order valence-electron chi connectivity index (χ2n) is 6.57. The Labute approximate surface area is 205 Å². The molecule has 0 radical (unpaired) electrons. The fraction of sp³-hybridized carbons (Fsp3) is 0.130. The average molecular weight is 538 g/mol. The first-order valence-electron chi connectivity index (χ1n) is 9.42. The summed E-state index contributed by atoms with van der Waals surface area (Å²) in [6.45, 7) is 0.211. The van der Waals surface area contributed by atoms with Gasteiger partial charge in [-0.25, -0.2) is 4.79 Å². The van der Waals surface area contributed by atoms with Crippen LogP contribution in [0.1, 0.15) is 31.1 Å². The van der Waals surface area contributed by atoms with Crippen LogP contribution < -0.4 is 26.9 Å². The van der Waals surface area contributed by atoms with Gasteiger partial charge in [0.15, 0.2) is 12.4 Å². The number of hydrogen-bond acceptors (Lipinski definition) is 4. The Kier molecular flexibility index (Phi) is 9.84. The van der Waals surface area contributed by atoms with Crippen LogP contribution in [0.3, 0.4) is 0 Å². The minimum atomic E-state index is -0.452. The van der Waals surface area contributed by atoms with Gasteiger partial charge in [-0.2, -0.15) is 4.57 Å². The van der Waals surface area contributed by atoms with Gasteiger partial charge in [0, 0.05) is 16.7 Å². The molecule has 0 saturated heterocycles. The zero-order chi connectivity index (χ0) is 22.2. The molecule has 0 saturated carbocycles. The number of carbonyl (C=O) groups excluding carboxylic acids is 3. The van der Waals surface area contributed by atoms with E-state index >= 15 is 0 Å². The molecule has 0 aliphatic carbocycles. The molecule has 6 nitrogen and oxygen atoms in total. The van der Waals surface area contributed by atoms with Gasteiger partial charge in [0.25, 0.3) is 5.91 Å². The molecule has 0 aliphatic rings. The number of nitrogens with one attached hydrogen (secondary N) is 1. The van der Waals surface area contributed by atoms with E-state index in [4.69, 9.17) is 27.9 Å². The summed E-state index contributed by atoms with van der Waals surface area (Å²) in [5, 5.41) is 3.40. The third-order valence-corrected chi connectivity index (χ3v) is 4.86. The first-order chi connectivity index (χ1) is 14.9. The van der Waals surface area contributed by atoms with Crippen molar-refractivity contribution in [2.24, 2.45) is 0 Å². The Morgan fingerprint density at radius 3 is 2.38 bits per heavy atom. The number of Topliss-reactive ketones (excluding diaryl/α,β-unsaturated/α-hetero) is 1. The lowest BCUT2D eigenvalue weighted by Gasteiger charge is -2.07. The Morgan fingerprint density at radius 1 is 0.938 bits per heavy atom. The summed E-state index contributed by atoms with van der Waals surface area (Å²) in [6.07, 6.45) is 3.24. The van der Waals surface area contributed by atoms with Crippen LogP contribution in [0.15, 0.2) is 73.1 Å². The third-order valence-electron chi connectivity index (χ3n) is 4.31. The Balaban J connectivity index is 0.00000363. The molecule has 0 unspecified atom stereocenters.